The zero-order valence-electron chi connectivity index (χ0n) is 10.3. The molecule has 90 valence electrons. The number of esters is 1. The summed E-state index contributed by atoms with van der Waals surface area (Å²) in [6.07, 6.45) is 4.37. The molecule has 0 aromatic carbocycles. The maximum atomic E-state index is 11.5. The lowest BCUT2D eigenvalue weighted by molar-refractivity contribution is 0.0524. The Balaban J connectivity index is 2.62. The quantitative estimate of drug-likeness (QED) is 0.548. The number of hydrogen-bond donors (Lipinski definition) is 0. The van der Waals surface area contributed by atoms with Gasteiger partial charge in [0.2, 0.25) is 0 Å². The molecule has 1 rings (SSSR count). The van der Waals surface area contributed by atoms with E-state index in [1.807, 2.05) is 6.07 Å². The molecule has 0 spiro atoms. The van der Waals surface area contributed by atoms with E-state index in [1.54, 1.807) is 13.8 Å². The lowest BCUT2D eigenvalue weighted by atomic mass is 10.1. The van der Waals surface area contributed by atoms with Crippen molar-refractivity contribution >= 4 is 5.97 Å². The topological polar surface area (TPSA) is 39.4 Å². The van der Waals surface area contributed by atoms with Crippen LogP contribution in [-0.4, -0.2) is 12.6 Å². The van der Waals surface area contributed by atoms with Gasteiger partial charge in [-0.05, 0) is 26.3 Å². The summed E-state index contributed by atoms with van der Waals surface area (Å²) in [4.78, 5) is 11.5. The third-order valence-electron chi connectivity index (χ3n) is 2.49. The Bertz CT molecular complexity index is 339. The summed E-state index contributed by atoms with van der Waals surface area (Å²) in [5.74, 6) is 1.25. The molecule has 16 heavy (non-hydrogen) atoms. The minimum Gasteiger partial charge on any atom is -0.465 e. The van der Waals surface area contributed by atoms with Gasteiger partial charge < -0.3 is 9.15 Å². The van der Waals surface area contributed by atoms with E-state index >= 15 is 0 Å². The van der Waals surface area contributed by atoms with Gasteiger partial charge in [-0.15, -0.1) is 0 Å². The molecule has 0 amide bonds. The van der Waals surface area contributed by atoms with Crippen LogP contribution in [0, 0.1) is 6.92 Å². The maximum Gasteiger partial charge on any atom is 0.341 e. The number of carbonyl (C=O) groups excluding carboxylic acids is 1. The lowest BCUT2D eigenvalue weighted by Gasteiger charge is -1.97. The first-order chi connectivity index (χ1) is 7.69. The van der Waals surface area contributed by atoms with E-state index in [1.165, 1.54) is 12.8 Å². The minimum atomic E-state index is -0.287. The van der Waals surface area contributed by atoms with Crippen LogP contribution in [-0.2, 0) is 11.2 Å². The van der Waals surface area contributed by atoms with Gasteiger partial charge in [-0.2, -0.15) is 0 Å². The summed E-state index contributed by atoms with van der Waals surface area (Å²) in [6.45, 7) is 6.16. The van der Waals surface area contributed by atoms with Crippen LogP contribution in [0.2, 0.25) is 0 Å². The molecule has 1 aromatic heterocycles. The fourth-order valence-electron chi connectivity index (χ4n) is 1.63. The molecular weight excluding hydrogens is 204 g/mol. The van der Waals surface area contributed by atoms with Gasteiger partial charge in [0.05, 0.1) is 6.61 Å². The third kappa shape index (κ3) is 3.40. The Morgan fingerprint density at radius 3 is 2.75 bits per heavy atom. The van der Waals surface area contributed by atoms with Crippen LogP contribution < -0.4 is 0 Å². The number of hydrogen-bond acceptors (Lipinski definition) is 3. The van der Waals surface area contributed by atoms with Crippen molar-refractivity contribution in [3.63, 3.8) is 0 Å². The molecule has 0 aliphatic rings. The van der Waals surface area contributed by atoms with Gasteiger partial charge in [-0.3, -0.25) is 0 Å². The van der Waals surface area contributed by atoms with Crippen molar-refractivity contribution in [2.75, 3.05) is 6.61 Å². The number of ether oxygens (including phenoxy) is 1. The fraction of sp³-hybridized carbons (Fsp3) is 0.615. The van der Waals surface area contributed by atoms with Crippen molar-refractivity contribution in [3.05, 3.63) is 23.2 Å². The van der Waals surface area contributed by atoms with Gasteiger partial charge in [0, 0.05) is 6.42 Å². The van der Waals surface area contributed by atoms with Gasteiger partial charge >= 0.3 is 5.97 Å². The highest BCUT2D eigenvalue weighted by Crippen LogP contribution is 2.17. The Morgan fingerprint density at radius 1 is 1.38 bits per heavy atom. The van der Waals surface area contributed by atoms with Crippen molar-refractivity contribution in [2.24, 2.45) is 0 Å². The molecule has 0 radical (unpaired) electrons. The van der Waals surface area contributed by atoms with Gasteiger partial charge in [0.1, 0.15) is 17.1 Å². The Kier molecular flexibility index (Phi) is 5.09. The number of rotatable bonds is 6. The molecule has 0 aliphatic carbocycles. The average molecular weight is 224 g/mol. The zero-order valence-corrected chi connectivity index (χ0v) is 10.3. The van der Waals surface area contributed by atoms with Gasteiger partial charge in [0.15, 0.2) is 0 Å². The highest BCUT2D eigenvalue weighted by Gasteiger charge is 2.15. The van der Waals surface area contributed by atoms with E-state index in [-0.39, 0.29) is 5.97 Å². The molecule has 0 N–H and O–H groups in total. The molecule has 0 bridgehead atoms. The molecule has 0 aliphatic heterocycles. The average Bonchev–Trinajstić information content (AvgIpc) is 2.61. The largest absolute Gasteiger partial charge is 0.465 e. The number of furan rings is 1. The summed E-state index contributed by atoms with van der Waals surface area (Å²) < 4.78 is 10.5. The zero-order chi connectivity index (χ0) is 12.0. The first kappa shape index (κ1) is 12.8. The second-order valence-corrected chi connectivity index (χ2v) is 3.86. The van der Waals surface area contributed by atoms with E-state index in [9.17, 15) is 4.79 Å². The second-order valence-electron chi connectivity index (χ2n) is 3.86. The highest BCUT2D eigenvalue weighted by molar-refractivity contribution is 5.90. The van der Waals surface area contributed by atoms with Crippen LogP contribution in [0.5, 0.6) is 0 Å². The van der Waals surface area contributed by atoms with Crippen LogP contribution in [0.4, 0.5) is 0 Å². The van der Waals surface area contributed by atoms with Crippen LogP contribution in [0.15, 0.2) is 10.5 Å². The van der Waals surface area contributed by atoms with Gasteiger partial charge in [-0.1, -0.05) is 19.8 Å². The van der Waals surface area contributed by atoms with Gasteiger partial charge in [0.25, 0.3) is 0 Å². The number of unbranched alkanes of at least 4 members (excludes halogenated alkanes) is 2. The molecule has 0 saturated carbocycles. The molecule has 3 heteroatoms. The first-order valence-corrected chi connectivity index (χ1v) is 5.95. The van der Waals surface area contributed by atoms with Crippen molar-refractivity contribution in [2.45, 2.75) is 46.5 Å². The molecular formula is C13H20O3. The van der Waals surface area contributed by atoms with Crippen LogP contribution in [0.25, 0.3) is 0 Å². The highest BCUT2D eigenvalue weighted by atomic mass is 16.5. The smallest absolute Gasteiger partial charge is 0.341 e. The van der Waals surface area contributed by atoms with E-state index in [0.29, 0.717) is 17.9 Å². The monoisotopic (exact) mass is 224 g/mol. The fourth-order valence-corrected chi connectivity index (χ4v) is 1.63. The summed E-state index contributed by atoms with van der Waals surface area (Å²) in [6, 6.07) is 1.81. The molecule has 0 atom stereocenters. The van der Waals surface area contributed by atoms with Crippen molar-refractivity contribution in [1.82, 2.24) is 0 Å². The molecule has 0 saturated heterocycles. The van der Waals surface area contributed by atoms with Crippen molar-refractivity contribution < 1.29 is 13.9 Å². The summed E-state index contributed by atoms with van der Waals surface area (Å²) in [5, 5.41) is 0. The molecule has 3 nitrogen and oxygen atoms in total. The summed E-state index contributed by atoms with van der Waals surface area (Å²) >= 11 is 0. The predicted octanol–water partition coefficient (Wildman–Crippen LogP) is 3.50. The lowest BCUT2D eigenvalue weighted by Crippen LogP contribution is -2.04. The molecule has 1 aromatic rings. The van der Waals surface area contributed by atoms with Crippen molar-refractivity contribution in [1.29, 1.82) is 0 Å². The number of aryl methyl sites for hydroxylation is 2. The third-order valence-corrected chi connectivity index (χ3v) is 2.49. The first-order valence-electron chi connectivity index (χ1n) is 5.95. The Morgan fingerprint density at radius 2 is 2.12 bits per heavy atom. The second kappa shape index (κ2) is 6.36. The molecule has 0 fully saturated rings. The number of carbonyl (C=O) groups is 1. The molecule has 0 unspecified atom stereocenters. The SMILES string of the molecule is CCCCCc1cc(C(=O)OCC)c(C)o1. The van der Waals surface area contributed by atoms with Crippen LogP contribution >= 0.6 is 0 Å². The van der Waals surface area contributed by atoms with E-state index < -0.39 is 0 Å². The normalized spacial score (nSPS) is 10.4. The van der Waals surface area contributed by atoms with E-state index in [0.717, 1.165) is 18.6 Å². The Labute approximate surface area is 96.8 Å². The van der Waals surface area contributed by atoms with E-state index in [2.05, 4.69) is 6.92 Å². The van der Waals surface area contributed by atoms with Crippen molar-refractivity contribution in [3.8, 4) is 0 Å². The van der Waals surface area contributed by atoms with Gasteiger partial charge in [-0.25, -0.2) is 4.79 Å². The summed E-state index contributed by atoms with van der Waals surface area (Å²) in [7, 11) is 0. The maximum absolute atomic E-state index is 11.5. The van der Waals surface area contributed by atoms with Crippen LogP contribution in [0.1, 0.15) is 55.0 Å². The Hall–Kier alpha value is -1.25. The minimum absolute atomic E-state index is 0.287. The standard InChI is InChI=1S/C13H20O3/c1-4-6-7-8-11-9-12(10(3)16-11)13(14)15-5-2/h9H,4-8H2,1-3H3. The summed E-state index contributed by atoms with van der Waals surface area (Å²) in [5.41, 5.74) is 0.563. The van der Waals surface area contributed by atoms with E-state index in [4.69, 9.17) is 9.15 Å². The molecule has 1 heterocycles. The predicted molar refractivity (Wildman–Crippen MR) is 62.6 cm³/mol. The van der Waals surface area contributed by atoms with Crippen LogP contribution in [0.3, 0.4) is 0 Å².